The molecule has 0 amide bonds. The van der Waals surface area contributed by atoms with Crippen LogP contribution in [0.5, 0.6) is 11.9 Å². The van der Waals surface area contributed by atoms with E-state index in [4.69, 9.17) is 23.4 Å². The van der Waals surface area contributed by atoms with Gasteiger partial charge in [-0.3, -0.25) is 0 Å². The highest BCUT2D eigenvalue weighted by Gasteiger charge is 2.33. The molecule has 0 radical (unpaired) electrons. The predicted molar refractivity (Wildman–Crippen MR) is 78.2 cm³/mol. The lowest BCUT2D eigenvalue weighted by Gasteiger charge is -2.17. The van der Waals surface area contributed by atoms with Crippen LogP contribution in [0.15, 0.2) is 10.8 Å². The van der Waals surface area contributed by atoms with Crippen LogP contribution < -0.4 is 9.47 Å². The summed E-state index contributed by atoms with van der Waals surface area (Å²) in [7, 11) is 0. The van der Waals surface area contributed by atoms with Crippen molar-refractivity contribution in [1.82, 2.24) is 15.0 Å². The molecule has 2 aliphatic rings. The van der Waals surface area contributed by atoms with E-state index in [9.17, 15) is 0 Å². The zero-order chi connectivity index (χ0) is 15.9. The van der Waals surface area contributed by atoms with Crippen molar-refractivity contribution < 1.29 is 23.4 Å². The van der Waals surface area contributed by atoms with E-state index in [0.717, 1.165) is 0 Å². The largest absolute Gasteiger partial charge is 0.476 e. The number of oxazole rings is 1. The van der Waals surface area contributed by atoms with E-state index in [1.54, 1.807) is 0 Å². The maximum Gasteiger partial charge on any atom is 0.323 e. The van der Waals surface area contributed by atoms with Crippen molar-refractivity contribution in [3.8, 4) is 11.9 Å². The minimum atomic E-state index is -0.581. The molecule has 1 saturated heterocycles. The van der Waals surface area contributed by atoms with E-state index in [2.05, 4.69) is 15.0 Å². The Hall–Kier alpha value is -1.93. The van der Waals surface area contributed by atoms with Crippen LogP contribution >= 0.6 is 0 Å². The third-order valence-corrected chi connectivity index (χ3v) is 3.76. The van der Waals surface area contributed by atoms with E-state index >= 15 is 0 Å². The fourth-order valence-corrected chi connectivity index (χ4v) is 2.38. The highest BCUT2D eigenvalue weighted by atomic mass is 16.7. The first-order valence-electron chi connectivity index (χ1n) is 7.78. The monoisotopic (exact) mass is 321 g/mol. The Morgan fingerprint density at radius 2 is 2.09 bits per heavy atom. The number of aromatic nitrogens is 3. The number of ether oxygens (including phenoxy) is 4. The Labute approximate surface area is 133 Å². The molecule has 8 nitrogen and oxygen atoms in total. The van der Waals surface area contributed by atoms with E-state index in [-0.39, 0.29) is 12.1 Å². The van der Waals surface area contributed by atoms with Gasteiger partial charge in [-0.1, -0.05) is 0 Å². The van der Waals surface area contributed by atoms with E-state index in [0.29, 0.717) is 42.8 Å². The van der Waals surface area contributed by atoms with Crippen LogP contribution in [0.3, 0.4) is 0 Å². The molecule has 2 aromatic heterocycles. The van der Waals surface area contributed by atoms with Crippen molar-refractivity contribution in [2.75, 3.05) is 19.8 Å². The topological polar surface area (TPSA) is 88.7 Å². The van der Waals surface area contributed by atoms with E-state index < -0.39 is 5.79 Å². The fourth-order valence-electron chi connectivity index (χ4n) is 2.38. The summed E-state index contributed by atoms with van der Waals surface area (Å²) in [4.78, 5) is 12.6. The van der Waals surface area contributed by atoms with Gasteiger partial charge in [0.2, 0.25) is 5.88 Å². The molecule has 4 rings (SSSR count). The van der Waals surface area contributed by atoms with Gasteiger partial charge in [0.25, 0.3) is 5.71 Å². The molecule has 124 valence electrons. The maximum atomic E-state index is 5.74. The first-order chi connectivity index (χ1) is 11.1. The highest BCUT2D eigenvalue weighted by molar-refractivity contribution is 5.73. The average molecular weight is 321 g/mol. The second-order valence-electron chi connectivity index (χ2n) is 6.33. The summed E-state index contributed by atoms with van der Waals surface area (Å²) in [5, 5.41) is 0. The average Bonchev–Trinajstić information content (AvgIpc) is 3.11. The third kappa shape index (κ3) is 3.37. The molecule has 0 bridgehead atoms. The zero-order valence-corrected chi connectivity index (χ0v) is 13.2. The lowest BCUT2D eigenvalue weighted by molar-refractivity contribution is -0.141. The lowest BCUT2D eigenvalue weighted by Crippen LogP contribution is -2.25. The standard InChI is InChI=1S/C15H19N3O5/c1-15(2)22-7-10(23-15)6-20-14-17-12(19-5-9-3-4-9)11-13(18-14)21-8-16-11/h8-10H,3-7H2,1-2H3. The summed E-state index contributed by atoms with van der Waals surface area (Å²) >= 11 is 0. The summed E-state index contributed by atoms with van der Waals surface area (Å²) in [6, 6.07) is 0.188. The molecule has 0 aromatic carbocycles. The summed E-state index contributed by atoms with van der Waals surface area (Å²) < 4.78 is 27.8. The molecule has 8 heteroatoms. The SMILES string of the molecule is CC1(C)OCC(COc2nc(OCC3CC3)c3ncoc3n2)O1. The molecule has 0 spiro atoms. The Morgan fingerprint density at radius 3 is 2.83 bits per heavy atom. The molecule has 1 saturated carbocycles. The number of hydrogen-bond acceptors (Lipinski definition) is 8. The van der Waals surface area contributed by atoms with Gasteiger partial charge < -0.3 is 23.4 Å². The van der Waals surface area contributed by atoms with Crippen molar-refractivity contribution in [3.05, 3.63) is 6.39 Å². The van der Waals surface area contributed by atoms with Crippen LogP contribution in [0, 0.1) is 5.92 Å². The molecule has 1 aliphatic heterocycles. The van der Waals surface area contributed by atoms with E-state index in [1.165, 1.54) is 19.2 Å². The number of rotatable bonds is 6. The Kier molecular flexibility index (Phi) is 3.57. The van der Waals surface area contributed by atoms with Crippen LogP contribution in [0.2, 0.25) is 0 Å². The second-order valence-corrected chi connectivity index (χ2v) is 6.33. The van der Waals surface area contributed by atoms with E-state index in [1.807, 2.05) is 13.8 Å². The third-order valence-electron chi connectivity index (χ3n) is 3.76. The molecule has 3 heterocycles. The first kappa shape index (κ1) is 14.6. The van der Waals surface area contributed by atoms with Gasteiger partial charge in [-0.2, -0.15) is 9.97 Å². The molecule has 2 aromatic rings. The van der Waals surface area contributed by atoms with Crippen molar-refractivity contribution in [2.45, 2.75) is 38.6 Å². The Bertz CT molecular complexity index is 697. The molecular weight excluding hydrogens is 302 g/mol. The van der Waals surface area contributed by atoms with Gasteiger partial charge in [-0.15, -0.1) is 0 Å². The normalized spacial score (nSPS) is 23.3. The molecule has 23 heavy (non-hydrogen) atoms. The van der Waals surface area contributed by atoms with Gasteiger partial charge in [0, 0.05) is 0 Å². The smallest absolute Gasteiger partial charge is 0.323 e. The summed E-state index contributed by atoms with van der Waals surface area (Å²) in [5.74, 6) is 0.430. The molecule has 1 aliphatic carbocycles. The van der Waals surface area contributed by atoms with Crippen LogP contribution in [0.25, 0.3) is 11.2 Å². The van der Waals surface area contributed by atoms with Crippen molar-refractivity contribution in [3.63, 3.8) is 0 Å². The molecule has 1 atom stereocenters. The van der Waals surface area contributed by atoms with Crippen LogP contribution in [0.1, 0.15) is 26.7 Å². The van der Waals surface area contributed by atoms with Gasteiger partial charge in [0.1, 0.15) is 12.7 Å². The van der Waals surface area contributed by atoms with Crippen LogP contribution in [-0.4, -0.2) is 46.7 Å². The molecule has 1 unspecified atom stereocenters. The van der Waals surface area contributed by atoms with Gasteiger partial charge in [0.05, 0.1) is 13.2 Å². The van der Waals surface area contributed by atoms with Crippen LogP contribution in [-0.2, 0) is 9.47 Å². The lowest BCUT2D eigenvalue weighted by atomic mass is 10.4. The molecular formula is C15H19N3O5. The predicted octanol–water partition coefficient (Wildman–Crippen LogP) is 1.94. The first-order valence-corrected chi connectivity index (χ1v) is 7.78. The minimum Gasteiger partial charge on any atom is -0.476 e. The minimum absolute atomic E-state index is 0.158. The molecule has 2 fully saturated rings. The van der Waals surface area contributed by atoms with Gasteiger partial charge in [-0.25, -0.2) is 4.98 Å². The van der Waals surface area contributed by atoms with Gasteiger partial charge >= 0.3 is 6.01 Å². The van der Waals surface area contributed by atoms with Crippen molar-refractivity contribution >= 4 is 11.2 Å². The van der Waals surface area contributed by atoms with Crippen LogP contribution in [0.4, 0.5) is 0 Å². The summed E-state index contributed by atoms with van der Waals surface area (Å²) in [5.41, 5.74) is 0.865. The van der Waals surface area contributed by atoms with Gasteiger partial charge in [0.15, 0.2) is 17.7 Å². The van der Waals surface area contributed by atoms with Crippen molar-refractivity contribution in [2.24, 2.45) is 5.92 Å². The summed E-state index contributed by atoms with van der Waals surface area (Å²) in [6.45, 7) is 5.14. The maximum absolute atomic E-state index is 5.74. The second kappa shape index (κ2) is 5.61. The Balaban J connectivity index is 1.46. The number of nitrogens with zero attached hydrogens (tertiary/aromatic N) is 3. The summed E-state index contributed by atoms with van der Waals surface area (Å²) in [6.07, 6.45) is 3.56. The zero-order valence-electron chi connectivity index (χ0n) is 13.2. The van der Waals surface area contributed by atoms with Gasteiger partial charge in [-0.05, 0) is 32.6 Å². The molecule has 0 N–H and O–H groups in total. The fraction of sp³-hybridized carbons (Fsp3) is 0.667. The van der Waals surface area contributed by atoms with Crippen molar-refractivity contribution in [1.29, 1.82) is 0 Å². The number of fused-ring (bicyclic) bond motifs is 1. The Morgan fingerprint density at radius 1 is 1.22 bits per heavy atom. The number of hydrogen-bond donors (Lipinski definition) is 0. The quantitative estimate of drug-likeness (QED) is 0.797. The highest BCUT2D eigenvalue weighted by Crippen LogP contribution is 2.31.